The van der Waals surface area contributed by atoms with Gasteiger partial charge in [-0.25, -0.2) is 18.7 Å². The Balaban J connectivity index is 1.65. The van der Waals surface area contributed by atoms with Gasteiger partial charge in [-0.1, -0.05) is 6.07 Å². The molecule has 0 spiro atoms. The summed E-state index contributed by atoms with van der Waals surface area (Å²) >= 11 is 0. The van der Waals surface area contributed by atoms with E-state index in [4.69, 9.17) is 4.74 Å². The third-order valence-electron chi connectivity index (χ3n) is 5.32. The lowest BCUT2D eigenvalue weighted by atomic mass is 10.1. The van der Waals surface area contributed by atoms with E-state index in [0.29, 0.717) is 5.69 Å². The summed E-state index contributed by atoms with van der Waals surface area (Å²) in [5.74, 6) is -1.32. The number of rotatable bonds is 5. The van der Waals surface area contributed by atoms with Crippen LogP contribution < -0.4 is 20.3 Å². The fraction of sp³-hybridized carbons (Fsp3) is 0.261. The smallest absolute Gasteiger partial charge is 0.274 e. The molecule has 1 saturated heterocycles. The summed E-state index contributed by atoms with van der Waals surface area (Å²) in [5.41, 5.74) is 1.14. The Morgan fingerprint density at radius 3 is 2.88 bits per heavy atom. The molecule has 2 heterocycles. The van der Waals surface area contributed by atoms with Crippen LogP contribution in [-0.2, 0) is 0 Å². The van der Waals surface area contributed by atoms with E-state index in [1.165, 1.54) is 43.6 Å². The predicted octanol–water partition coefficient (Wildman–Crippen LogP) is 3.48. The van der Waals surface area contributed by atoms with E-state index >= 15 is 0 Å². The van der Waals surface area contributed by atoms with Gasteiger partial charge in [-0.2, -0.15) is 0 Å². The summed E-state index contributed by atoms with van der Waals surface area (Å²) in [6.45, 7) is 4.35. The van der Waals surface area contributed by atoms with Crippen LogP contribution in [0.5, 0.6) is 5.75 Å². The number of hydrogen-bond donors (Lipinski definition) is 2. The first-order chi connectivity index (χ1) is 15.5. The minimum absolute atomic E-state index is 0.0165. The predicted molar refractivity (Wildman–Crippen MR) is 118 cm³/mol. The lowest BCUT2D eigenvalue weighted by Crippen LogP contribution is -2.50. The van der Waals surface area contributed by atoms with E-state index in [-0.39, 0.29) is 28.9 Å². The number of piperazine rings is 1. The third kappa shape index (κ3) is 4.38. The molecule has 1 aliphatic heterocycles. The summed E-state index contributed by atoms with van der Waals surface area (Å²) in [6, 6.07) is 10.3. The van der Waals surface area contributed by atoms with E-state index in [1.54, 1.807) is 12.1 Å². The van der Waals surface area contributed by atoms with Crippen LogP contribution in [0.4, 0.5) is 20.2 Å². The fourth-order valence-corrected chi connectivity index (χ4v) is 3.74. The number of nitrogens with zero attached hydrogens (tertiary/aromatic N) is 3. The molecule has 1 aliphatic rings. The average Bonchev–Trinajstić information content (AvgIpc) is 2.79. The van der Waals surface area contributed by atoms with Crippen LogP contribution in [0.3, 0.4) is 0 Å². The first kappa shape index (κ1) is 21.6. The van der Waals surface area contributed by atoms with E-state index in [1.807, 2.05) is 0 Å². The monoisotopic (exact) mass is 439 g/mol. The number of carbonyl (C=O) groups is 1. The normalized spacial score (nSPS) is 16.0. The maximum atomic E-state index is 14.4. The van der Waals surface area contributed by atoms with Crippen molar-refractivity contribution in [3.63, 3.8) is 0 Å². The van der Waals surface area contributed by atoms with Gasteiger partial charge in [0.05, 0.1) is 24.0 Å². The zero-order valence-corrected chi connectivity index (χ0v) is 17.7. The van der Waals surface area contributed by atoms with E-state index < -0.39 is 17.5 Å². The summed E-state index contributed by atoms with van der Waals surface area (Å²) in [6.07, 6.45) is 1.37. The Bertz CT molecular complexity index is 1140. The molecule has 7 nitrogen and oxygen atoms in total. The fourth-order valence-electron chi connectivity index (χ4n) is 3.74. The van der Waals surface area contributed by atoms with E-state index in [2.05, 4.69) is 32.4 Å². The van der Waals surface area contributed by atoms with Gasteiger partial charge in [0.15, 0.2) is 5.82 Å². The highest BCUT2D eigenvalue weighted by Crippen LogP contribution is 2.31. The van der Waals surface area contributed by atoms with Gasteiger partial charge in [-0.3, -0.25) is 4.79 Å². The van der Waals surface area contributed by atoms with Gasteiger partial charge in [0, 0.05) is 31.9 Å². The molecule has 4 rings (SSSR count). The zero-order chi connectivity index (χ0) is 22.7. The minimum atomic E-state index is -0.568. The maximum Gasteiger partial charge on any atom is 0.274 e. The molecule has 2 aromatic carbocycles. The lowest BCUT2D eigenvalue weighted by Gasteiger charge is -2.37. The number of hydrogen-bond acceptors (Lipinski definition) is 6. The second kappa shape index (κ2) is 9.27. The molecule has 32 heavy (non-hydrogen) atoms. The van der Waals surface area contributed by atoms with E-state index in [9.17, 15) is 13.6 Å². The third-order valence-corrected chi connectivity index (χ3v) is 5.32. The standard InChI is InChI=1S/C23H23F2N5O2/c1-14-13-26-10-11-30(14)19-7-6-15(24)12-18(19)29-23(31)17-8-9-27-22(28-17)21-16(25)4-3-5-20(21)32-2/h3-9,12,14,26H,10-11,13H2,1-2H3,(H,29,31). The molecule has 1 aromatic heterocycles. The molecule has 0 bridgehead atoms. The Hall–Kier alpha value is -3.59. The Morgan fingerprint density at radius 1 is 1.25 bits per heavy atom. The topological polar surface area (TPSA) is 79.4 Å². The van der Waals surface area contributed by atoms with Gasteiger partial charge >= 0.3 is 0 Å². The number of halogens is 2. The second-order valence-electron chi connectivity index (χ2n) is 7.44. The number of ether oxygens (including phenoxy) is 1. The largest absolute Gasteiger partial charge is 0.496 e. The van der Waals surface area contributed by atoms with Crippen molar-refractivity contribution in [2.24, 2.45) is 0 Å². The number of anilines is 2. The summed E-state index contributed by atoms with van der Waals surface area (Å²) in [4.78, 5) is 23.4. The van der Waals surface area contributed by atoms with Crippen LogP contribution in [0, 0.1) is 11.6 Å². The van der Waals surface area contributed by atoms with Crippen molar-refractivity contribution in [3.8, 4) is 17.1 Å². The van der Waals surface area contributed by atoms with Crippen LogP contribution in [0.2, 0.25) is 0 Å². The lowest BCUT2D eigenvalue weighted by molar-refractivity contribution is 0.102. The first-order valence-corrected chi connectivity index (χ1v) is 10.2. The van der Waals surface area contributed by atoms with Crippen LogP contribution in [-0.4, -0.2) is 48.7 Å². The molecule has 2 N–H and O–H groups in total. The molecule has 166 valence electrons. The minimum Gasteiger partial charge on any atom is -0.496 e. The highest BCUT2D eigenvalue weighted by Gasteiger charge is 2.23. The van der Waals surface area contributed by atoms with Gasteiger partial charge in [0.2, 0.25) is 0 Å². The van der Waals surface area contributed by atoms with Crippen molar-refractivity contribution < 1.29 is 18.3 Å². The van der Waals surface area contributed by atoms with Gasteiger partial charge in [0.25, 0.3) is 5.91 Å². The summed E-state index contributed by atoms with van der Waals surface area (Å²) in [7, 11) is 1.41. The van der Waals surface area contributed by atoms with Crippen molar-refractivity contribution >= 4 is 17.3 Å². The van der Waals surface area contributed by atoms with E-state index in [0.717, 1.165) is 25.3 Å². The van der Waals surface area contributed by atoms with Crippen LogP contribution >= 0.6 is 0 Å². The van der Waals surface area contributed by atoms with Crippen molar-refractivity contribution in [2.45, 2.75) is 13.0 Å². The molecule has 1 atom stereocenters. The molecule has 9 heteroatoms. The van der Waals surface area contributed by atoms with Crippen molar-refractivity contribution in [1.29, 1.82) is 0 Å². The number of amides is 1. The van der Waals surface area contributed by atoms with Crippen molar-refractivity contribution in [2.75, 3.05) is 37.0 Å². The zero-order valence-electron chi connectivity index (χ0n) is 17.7. The van der Waals surface area contributed by atoms with Gasteiger partial charge < -0.3 is 20.3 Å². The van der Waals surface area contributed by atoms with Crippen molar-refractivity contribution in [3.05, 3.63) is 66.0 Å². The molecular formula is C23H23F2N5O2. The SMILES string of the molecule is COc1cccc(F)c1-c1nccc(C(=O)Nc2cc(F)ccc2N2CCNCC2C)n1. The average molecular weight is 439 g/mol. The molecule has 0 radical (unpaired) electrons. The van der Waals surface area contributed by atoms with Crippen molar-refractivity contribution in [1.82, 2.24) is 15.3 Å². The Kier molecular flexibility index (Phi) is 6.27. The molecule has 3 aromatic rings. The number of methoxy groups -OCH3 is 1. The molecule has 0 aliphatic carbocycles. The molecule has 1 amide bonds. The highest BCUT2D eigenvalue weighted by molar-refractivity contribution is 6.05. The Labute approximate surface area is 184 Å². The van der Waals surface area contributed by atoms with Crippen LogP contribution in [0.25, 0.3) is 11.4 Å². The highest BCUT2D eigenvalue weighted by atomic mass is 19.1. The van der Waals surface area contributed by atoms with Gasteiger partial charge in [0.1, 0.15) is 23.1 Å². The molecular weight excluding hydrogens is 416 g/mol. The number of nitrogens with one attached hydrogen (secondary N) is 2. The molecule has 1 unspecified atom stereocenters. The van der Waals surface area contributed by atoms with Crippen LogP contribution in [0.1, 0.15) is 17.4 Å². The van der Waals surface area contributed by atoms with Crippen LogP contribution in [0.15, 0.2) is 48.7 Å². The quantitative estimate of drug-likeness (QED) is 0.634. The maximum absolute atomic E-state index is 14.4. The number of carbonyl (C=O) groups excluding carboxylic acids is 1. The van der Waals surface area contributed by atoms with Gasteiger partial charge in [-0.15, -0.1) is 0 Å². The molecule has 0 saturated carbocycles. The summed E-state index contributed by atoms with van der Waals surface area (Å²) in [5, 5.41) is 6.06. The number of benzene rings is 2. The second-order valence-corrected chi connectivity index (χ2v) is 7.44. The van der Waals surface area contributed by atoms with Gasteiger partial charge in [-0.05, 0) is 43.3 Å². The Morgan fingerprint density at radius 2 is 2.09 bits per heavy atom. The first-order valence-electron chi connectivity index (χ1n) is 10.2. The summed E-state index contributed by atoms with van der Waals surface area (Å²) < 4.78 is 33.7. The number of aromatic nitrogens is 2. The molecule has 1 fully saturated rings.